The van der Waals surface area contributed by atoms with Crippen LogP contribution in [0.2, 0.25) is 15.1 Å². The van der Waals surface area contributed by atoms with Gasteiger partial charge in [-0.15, -0.1) is 0 Å². The highest BCUT2D eigenvalue weighted by atomic mass is 35.5. The Morgan fingerprint density at radius 1 is 1.09 bits per heavy atom. The first-order valence-electron chi connectivity index (χ1n) is 10.6. The van der Waals surface area contributed by atoms with Crippen molar-refractivity contribution in [3.63, 3.8) is 0 Å². The van der Waals surface area contributed by atoms with Gasteiger partial charge in [0.2, 0.25) is 5.91 Å². The summed E-state index contributed by atoms with van der Waals surface area (Å²) in [5.41, 5.74) is 2.74. The van der Waals surface area contributed by atoms with Crippen LogP contribution in [-0.4, -0.2) is 58.1 Å². The number of carbonyl (C=O) groups excluding carboxylic acids is 1. The van der Waals surface area contributed by atoms with Crippen LogP contribution in [0.4, 0.5) is 5.82 Å². The molecule has 0 spiro atoms. The summed E-state index contributed by atoms with van der Waals surface area (Å²) in [5, 5.41) is 7.56. The zero-order valence-electron chi connectivity index (χ0n) is 18.1. The molecule has 3 heterocycles. The fourth-order valence-corrected chi connectivity index (χ4v) is 4.71. The highest BCUT2D eigenvalue weighted by Crippen LogP contribution is 2.36. The molecule has 0 bridgehead atoms. The number of nitrogens with zero attached hydrogens (tertiary/aromatic N) is 5. The lowest BCUT2D eigenvalue weighted by molar-refractivity contribution is -0.122. The number of piperazine rings is 1. The Hall–Kier alpha value is -2.91. The summed E-state index contributed by atoms with van der Waals surface area (Å²) in [5.74, 6) is 1.17. The number of fused-ring (bicyclic) bond motifs is 1. The second-order valence-corrected chi connectivity index (χ2v) is 9.09. The van der Waals surface area contributed by atoms with Crippen LogP contribution in [0.25, 0.3) is 28.2 Å². The number of likely N-dealkylation sites (N-methyl/N-ethyl adjacent to an activating group) is 1. The lowest BCUT2D eigenvalue weighted by Crippen LogP contribution is -2.57. The first-order chi connectivity index (χ1) is 16.5. The summed E-state index contributed by atoms with van der Waals surface area (Å²) in [4.78, 5) is 28.4. The Morgan fingerprint density at radius 3 is 2.59 bits per heavy atom. The smallest absolute Gasteiger partial charge is 0.238 e. The third-order valence-corrected chi connectivity index (χ3v) is 6.52. The molecule has 1 aliphatic heterocycles. The molecule has 174 valence electrons. The molecule has 1 amide bonds. The molecule has 5 rings (SSSR count). The Morgan fingerprint density at radius 2 is 1.85 bits per heavy atom. The number of carbonyl (C=O) groups is 1. The molecule has 1 aliphatic rings. The second-order valence-electron chi connectivity index (χ2n) is 7.81. The third-order valence-electron chi connectivity index (χ3n) is 5.72. The number of hydrogen-bond acceptors (Lipinski definition) is 6. The van der Waals surface area contributed by atoms with Crippen LogP contribution in [-0.2, 0) is 4.79 Å². The normalized spacial score (nSPS) is 16.1. The van der Waals surface area contributed by atoms with E-state index in [0.29, 0.717) is 63.1 Å². The van der Waals surface area contributed by atoms with E-state index in [2.05, 4.69) is 20.6 Å². The fraction of sp³-hybridized carbons (Fsp3) is 0.217. The van der Waals surface area contributed by atoms with E-state index in [4.69, 9.17) is 39.8 Å². The number of anilines is 1. The number of amides is 1. The van der Waals surface area contributed by atoms with Crippen LogP contribution in [0.3, 0.4) is 0 Å². The molecule has 0 aliphatic carbocycles. The monoisotopic (exact) mass is 515 g/mol. The second kappa shape index (κ2) is 9.38. The van der Waals surface area contributed by atoms with Crippen LogP contribution in [0.5, 0.6) is 0 Å². The zero-order chi connectivity index (χ0) is 23.8. The molecule has 0 radical (unpaired) electrons. The van der Waals surface area contributed by atoms with Crippen LogP contribution in [0, 0.1) is 0 Å². The van der Waals surface area contributed by atoms with E-state index < -0.39 is 0 Å². The van der Waals surface area contributed by atoms with Crippen LogP contribution in [0.15, 0.2) is 48.8 Å². The van der Waals surface area contributed by atoms with E-state index in [0.717, 1.165) is 5.69 Å². The minimum atomic E-state index is -0.354. The number of hydrogen-bond donors (Lipinski definition) is 2. The Balaban J connectivity index is 1.71. The minimum Gasteiger partial charge on any atom is -0.358 e. The fourth-order valence-electron chi connectivity index (χ4n) is 4.09. The summed E-state index contributed by atoms with van der Waals surface area (Å²) in [6.07, 6.45) is 1.51. The number of halogens is 3. The maximum absolute atomic E-state index is 12.2. The molecule has 11 heteroatoms. The topological polar surface area (TPSA) is 88.0 Å². The van der Waals surface area contributed by atoms with Gasteiger partial charge in [-0.25, -0.2) is 15.0 Å². The number of nitrogens with one attached hydrogen (secondary N) is 2. The predicted octanol–water partition coefficient (Wildman–Crippen LogP) is 3.97. The van der Waals surface area contributed by atoms with Crippen molar-refractivity contribution < 1.29 is 4.79 Å². The average Bonchev–Trinajstić information content (AvgIpc) is 3.23. The van der Waals surface area contributed by atoms with E-state index in [-0.39, 0.29) is 11.9 Å². The maximum atomic E-state index is 12.2. The van der Waals surface area contributed by atoms with Gasteiger partial charge in [0.05, 0.1) is 5.02 Å². The number of rotatable bonds is 4. The molecule has 1 saturated heterocycles. The van der Waals surface area contributed by atoms with Crippen molar-refractivity contribution in [2.75, 3.05) is 31.6 Å². The molecular weight excluding hydrogens is 497 g/mol. The van der Waals surface area contributed by atoms with Gasteiger partial charge in [0.15, 0.2) is 17.0 Å². The van der Waals surface area contributed by atoms with E-state index in [9.17, 15) is 4.79 Å². The van der Waals surface area contributed by atoms with Gasteiger partial charge in [-0.1, -0.05) is 34.8 Å². The molecule has 2 N–H and O–H groups in total. The van der Waals surface area contributed by atoms with E-state index >= 15 is 0 Å². The molecule has 2 aromatic heterocycles. The number of benzene rings is 2. The zero-order valence-corrected chi connectivity index (χ0v) is 20.4. The summed E-state index contributed by atoms with van der Waals surface area (Å²) in [6.45, 7) is 1.76. The quantitative estimate of drug-likeness (QED) is 0.427. The molecule has 1 unspecified atom stereocenters. The molecule has 1 fully saturated rings. The molecule has 34 heavy (non-hydrogen) atoms. The molecule has 1 atom stereocenters. The van der Waals surface area contributed by atoms with Crippen LogP contribution in [0.1, 0.15) is 0 Å². The van der Waals surface area contributed by atoms with Crippen molar-refractivity contribution in [3.8, 4) is 17.1 Å². The SMILES string of the molecule is CNC(=O)C1CN(c2ncnc3c2nc(-c2ccc(Cl)cc2Cl)n3-c2ccc(Cl)cc2)CCN1. The Labute approximate surface area is 210 Å². The number of imidazole rings is 1. The summed E-state index contributed by atoms with van der Waals surface area (Å²) in [7, 11) is 1.63. The summed E-state index contributed by atoms with van der Waals surface area (Å²) in [6, 6.07) is 12.3. The van der Waals surface area contributed by atoms with Crippen LogP contribution >= 0.6 is 34.8 Å². The first kappa shape index (κ1) is 22.9. The summed E-state index contributed by atoms with van der Waals surface area (Å²) < 4.78 is 1.92. The first-order valence-corrected chi connectivity index (χ1v) is 11.7. The lowest BCUT2D eigenvalue weighted by atomic mass is 10.2. The number of aromatic nitrogens is 4. The van der Waals surface area contributed by atoms with Crippen molar-refractivity contribution in [1.29, 1.82) is 0 Å². The van der Waals surface area contributed by atoms with Gasteiger partial charge in [0.25, 0.3) is 0 Å². The van der Waals surface area contributed by atoms with Crippen molar-refractivity contribution in [2.45, 2.75) is 6.04 Å². The molecule has 2 aromatic carbocycles. The lowest BCUT2D eigenvalue weighted by Gasteiger charge is -2.33. The predicted molar refractivity (Wildman–Crippen MR) is 135 cm³/mol. The van der Waals surface area contributed by atoms with Gasteiger partial charge >= 0.3 is 0 Å². The van der Waals surface area contributed by atoms with Crippen molar-refractivity contribution in [2.24, 2.45) is 0 Å². The van der Waals surface area contributed by atoms with E-state index in [1.165, 1.54) is 6.33 Å². The van der Waals surface area contributed by atoms with Crippen molar-refractivity contribution in [1.82, 2.24) is 30.2 Å². The Bertz CT molecular complexity index is 1370. The molecular formula is C23H20Cl3N7O. The van der Waals surface area contributed by atoms with E-state index in [1.807, 2.05) is 39.8 Å². The molecule has 0 saturated carbocycles. The molecule has 4 aromatic rings. The van der Waals surface area contributed by atoms with Gasteiger partial charge in [0.1, 0.15) is 18.2 Å². The van der Waals surface area contributed by atoms with E-state index in [1.54, 1.807) is 19.2 Å². The molecule has 8 nitrogen and oxygen atoms in total. The van der Waals surface area contributed by atoms with Crippen molar-refractivity contribution in [3.05, 3.63) is 63.9 Å². The van der Waals surface area contributed by atoms with Gasteiger partial charge in [-0.2, -0.15) is 0 Å². The summed E-state index contributed by atoms with van der Waals surface area (Å²) >= 11 is 18.9. The maximum Gasteiger partial charge on any atom is 0.238 e. The third kappa shape index (κ3) is 4.18. The largest absolute Gasteiger partial charge is 0.358 e. The van der Waals surface area contributed by atoms with Gasteiger partial charge in [-0.3, -0.25) is 9.36 Å². The van der Waals surface area contributed by atoms with Crippen molar-refractivity contribution >= 4 is 57.7 Å². The van der Waals surface area contributed by atoms with Gasteiger partial charge in [-0.05, 0) is 42.5 Å². The minimum absolute atomic E-state index is 0.0738. The van der Waals surface area contributed by atoms with Crippen LogP contribution < -0.4 is 15.5 Å². The highest BCUT2D eigenvalue weighted by Gasteiger charge is 2.28. The highest BCUT2D eigenvalue weighted by molar-refractivity contribution is 6.36. The van der Waals surface area contributed by atoms with Gasteiger partial charge in [0, 0.05) is 48.0 Å². The Kier molecular flexibility index (Phi) is 6.31. The standard InChI is InChI=1S/C23H20Cl3N7O/c1-27-23(34)18-11-32(9-8-28-18)21-19-22(30-12-29-21)33(15-5-2-13(24)3-6-15)20(31-19)16-7-4-14(25)10-17(16)26/h2-7,10,12,18,28H,8-9,11H2,1H3,(H,27,34). The van der Waals surface area contributed by atoms with Gasteiger partial charge < -0.3 is 15.5 Å². The average molecular weight is 517 g/mol.